The lowest BCUT2D eigenvalue weighted by Crippen LogP contribution is -2.59. The topological polar surface area (TPSA) is 3.24 Å². The minimum absolute atomic E-state index is 0.278. The molecule has 0 aromatic carbocycles. The fourth-order valence-electron chi connectivity index (χ4n) is 3.53. The van der Waals surface area contributed by atoms with E-state index in [0.717, 1.165) is 5.92 Å². The summed E-state index contributed by atoms with van der Waals surface area (Å²) in [6.07, 6.45) is 1.35. The average Bonchev–Trinajstić information content (AvgIpc) is 2.04. The molecule has 0 saturated carbocycles. The fraction of sp³-hybridized carbons (Fsp3) is 1.00. The Kier molecular flexibility index (Phi) is 3.76. The van der Waals surface area contributed by atoms with Crippen molar-refractivity contribution in [2.45, 2.75) is 80.3 Å². The van der Waals surface area contributed by atoms with Crippen LogP contribution in [0.15, 0.2) is 0 Å². The molecule has 1 rings (SSSR count). The zero-order valence-corrected chi connectivity index (χ0v) is 13.5. The van der Waals surface area contributed by atoms with Crippen molar-refractivity contribution in [1.29, 1.82) is 0 Å². The van der Waals surface area contributed by atoms with Gasteiger partial charge in [0.05, 0.1) is 0 Å². The quantitative estimate of drug-likeness (QED) is 0.598. The molecule has 17 heavy (non-hydrogen) atoms. The standard InChI is InChI=1S/C16H33N/c1-12-13(14(2,3)4)10-16(8,9)11-17(12)15(5,6)7/h12-13H,10-11H2,1-9H3. The normalized spacial score (nSPS) is 31.6. The van der Waals surface area contributed by atoms with E-state index in [1.165, 1.54) is 13.0 Å². The van der Waals surface area contributed by atoms with Crippen LogP contribution >= 0.6 is 0 Å². The lowest BCUT2D eigenvalue weighted by atomic mass is 9.64. The van der Waals surface area contributed by atoms with Crippen molar-refractivity contribution >= 4 is 0 Å². The highest BCUT2D eigenvalue weighted by Crippen LogP contribution is 2.46. The van der Waals surface area contributed by atoms with E-state index in [-0.39, 0.29) is 5.54 Å². The van der Waals surface area contributed by atoms with E-state index in [1.54, 1.807) is 0 Å². The molecule has 2 atom stereocenters. The Morgan fingerprint density at radius 1 is 1.00 bits per heavy atom. The van der Waals surface area contributed by atoms with Gasteiger partial charge in [-0.3, -0.25) is 4.90 Å². The maximum absolute atomic E-state index is 2.71. The first-order valence-electron chi connectivity index (χ1n) is 7.11. The molecule has 0 bridgehead atoms. The van der Waals surface area contributed by atoms with Crippen molar-refractivity contribution in [3.05, 3.63) is 0 Å². The van der Waals surface area contributed by atoms with E-state index in [9.17, 15) is 0 Å². The number of rotatable bonds is 0. The molecule has 2 unspecified atom stereocenters. The van der Waals surface area contributed by atoms with Crippen molar-refractivity contribution in [3.8, 4) is 0 Å². The zero-order valence-electron chi connectivity index (χ0n) is 13.5. The summed E-state index contributed by atoms with van der Waals surface area (Å²) in [5.41, 5.74) is 1.12. The lowest BCUT2D eigenvalue weighted by molar-refractivity contribution is -0.0647. The highest BCUT2D eigenvalue weighted by Gasteiger charge is 2.45. The Labute approximate surface area is 109 Å². The van der Waals surface area contributed by atoms with Crippen LogP contribution < -0.4 is 0 Å². The smallest absolute Gasteiger partial charge is 0.0128 e. The molecule has 1 saturated heterocycles. The average molecular weight is 239 g/mol. The second-order valence-corrected chi connectivity index (χ2v) is 8.88. The van der Waals surface area contributed by atoms with Gasteiger partial charge in [0.25, 0.3) is 0 Å². The van der Waals surface area contributed by atoms with E-state index in [1.807, 2.05) is 0 Å². The zero-order chi connectivity index (χ0) is 13.6. The Hall–Kier alpha value is -0.0400. The summed E-state index contributed by atoms with van der Waals surface area (Å²) < 4.78 is 0. The minimum Gasteiger partial charge on any atom is -0.295 e. The summed E-state index contributed by atoms with van der Waals surface area (Å²) in [6.45, 7) is 22.8. The summed E-state index contributed by atoms with van der Waals surface area (Å²) in [4.78, 5) is 2.71. The molecular formula is C16H33N. The third kappa shape index (κ3) is 3.47. The van der Waals surface area contributed by atoms with Crippen LogP contribution in [0.2, 0.25) is 0 Å². The van der Waals surface area contributed by atoms with Gasteiger partial charge in [-0.05, 0) is 50.9 Å². The third-order valence-electron chi connectivity index (χ3n) is 4.42. The Bertz CT molecular complexity index is 238. The van der Waals surface area contributed by atoms with E-state index in [0.29, 0.717) is 16.9 Å². The van der Waals surface area contributed by atoms with Crippen LogP contribution in [0.1, 0.15) is 68.7 Å². The minimum atomic E-state index is 0.278. The third-order valence-corrected chi connectivity index (χ3v) is 4.42. The lowest BCUT2D eigenvalue weighted by Gasteiger charge is -2.55. The summed E-state index contributed by atoms with van der Waals surface area (Å²) in [5, 5.41) is 0. The molecule has 0 aromatic rings. The highest BCUT2D eigenvalue weighted by molar-refractivity contribution is 4.98. The van der Waals surface area contributed by atoms with Gasteiger partial charge in [-0.15, -0.1) is 0 Å². The molecule has 1 heteroatoms. The van der Waals surface area contributed by atoms with Gasteiger partial charge in [0.15, 0.2) is 0 Å². The van der Waals surface area contributed by atoms with E-state index in [4.69, 9.17) is 0 Å². The van der Waals surface area contributed by atoms with Gasteiger partial charge in [0.1, 0.15) is 0 Å². The first kappa shape index (κ1) is 15.0. The fourth-order valence-corrected chi connectivity index (χ4v) is 3.53. The molecule has 0 N–H and O–H groups in total. The van der Waals surface area contributed by atoms with Crippen LogP contribution in [0.3, 0.4) is 0 Å². The first-order chi connectivity index (χ1) is 7.34. The summed E-state index contributed by atoms with van der Waals surface area (Å²) in [6, 6.07) is 0.683. The largest absolute Gasteiger partial charge is 0.295 e. The predicted octanol–water partition coefficient (Wildman–Crippen LogP) is 4.57. The molecule has 1 nitrogen and oxygen atoms in total. The van der Waals surface area contributed by atoms with Gasteiger partial charge in [-0.25, -0.2) is 0 Å². The van der Waals surface area contributed by atoms with Gasteiger partial charge < -0.3 is 0 Å². The van der Waals surface area contributed by atoms with Gasteiger partial charge >= 0.3 is 0 Å². The number of hydrogen-bond donors (Lipinski definition) is 0. The van der Waals surface area contributed by atoms with E-state index < -0.39 is 0 Å². The van der Waals surface area contributed by atoms with Crippen LogP contribution in [0, 0.1) is 16.7 Å². The summed E-state index contributed by atoms with van der Waals surface area (Å²) in [5.74, 6) is 0.783. The van der Waals surface area contributed by atoms with Crippen molar-refractivity contribution in [2.24, 2.45) is 16.7 Å². The Morgan fingerprint density at radius 3 is 1.82 bits per heavy atom. The van der Waals surface area contributed by atoms with Crippen molar-refractivity contribution in [1.82, 2.24) is 4.90 Å². The van der Waals surface area contributed by atoms with Crippen molar-refractivity contribution in [2.75, 3.05) is 6.54 Å². The molecule has 0 radical (unpaired) electrons. The molecule has 0 aliphatic carbocycles. The Morgan fingerprint density at radius 2 is 1.47 bits per heavy atom. The van der Waals surface area contributed by atoms with Crippen LogP contribution in [0.4, 0.5) is 0 Å². The van der Waals surface area contributed by atoms with Crippen LogP contribution in [-0.4, -0.2) is 23.0 Å². The number of likely N-dealkylation sites (tertiary alicyclic amines) is 1. The number of nitrogens with zero attached hydrogens (tertiary/aromatic N) is 1. The number of hydrogen-bond acceptors (Lipinski definition) is 1. The maximum Gasteiger partial charge on any atom is 0.0128 e. The van der Waals surface area contributed by atoms with E-state index in [2.05, 4.69) is 67.2 Å². The van der Waals surface area contributed by atoms with Crippen LogP contribution in [0.5, 0.6) is 0 Å². The van der Waals surface area contributed by atoms with Crippen molar-refractivity contribution in [3.63, 3.8) is 0 Å². The predicted molar refractivity (Wildman–Crippen MR) is 77.3 cm³/mol. The second kappa shape index (κ2) is 4.26. The molecule has 102 valence electrons. The first-order valence-corrected chi connectivity index (χ1v) is 7.11. The van der Waals surface area contributed by atoms with E-state index >= 15 is 0 Å². The second-order valence-electron chi connectivity index (χ2n) is 8.88. The van der Waals surface area contributed by atoms with Gasteiger partial charge in [-0.2, -0.15) is 0 Å². The van der Waals surface area contributed by atoms with Crippen LogP contribution in [-0.2, 0) is 0 Å². The molecule has 1 aliphatic heterocycles. The molecule has 1 aliphatic rings. The van der Waals surface area contributed by atoms with Crippen molar-refractivity contribution < 1.29 is 0 Å². The molecule has 1 fully saturated rings. The molecule has 1 heterocycles. The van der Waals surface area contributed by atoms with Crippen LogP contribution in [0.25, 0.3) is 0 Å². The molecular weight excluding hydrogens is 206 g/mol. The maximum atomic E-state index is 2.71. The molecule has 0 amide bonds. The Balaban J connectivity index is 3.03. The van der Waals surface area contributed by atoms with Gasteiger partial charge in [-0.1, -0.05) is 34.6 Å². The summed E-state index contributed by atoms with van der Waals surface area (Å²) in [7, 11) is 0. The number of piperidine rings is 1. The summed E-state index contributed by atoms with van der Waals surface area (Å²) >= 11 is 0. The monoisotopic (exact) mass is 239 g/mol. The SMILES string of the molecule is CC1C(C(C)(C)C)CC(C)(C)CN1C(C)(C)C. The molecule has 0 aromatic heterocycles. The van der Waals surface area contributed by atoms with Gasteiger partial charge in [0.2, 0.25) is 0 Å². The molecule has 0 spiro atoms. The highest BCUT2D eigenvalue weighted by atomic mass is 15.2. The van der Waals surface area contributed by atoms with Gasteiger partial charge in [0, 0.05) is 18.1 Å².